The van der Waals surface area contributed by atoms with Gasteiger partial charge in [0.15, 0.2) is 0 Å². The summed E-state index contributed by atoms with van der Waals surface area (Å²) >= 11 is 0. The minimum Gasteiger partial charge on any atom is -0.377 e. The lowest BCUT2D eigenvalue weighted by Gasteiger charge is -2.25. The van der Waals surface area contributed by atoms with Crippen LogP contribution in [0.15, 0.2) is 12.4 Å². The molecule has 1 aromatic rings. The van der Waals surface area contributed by atoms with Crippen LogP contribution in [-0.2, 0) is 4.74 Å². The van der Waals surface area contributed by atoms with E-state index < -0.39 is 0 Å². The zero-order chi connectivity index (χ0) is 6.10. The van der Waals surface area contributed by atoms with Gasteiger partial charge in [0.1, 0.15) is 0 Å². The summed E-state index contributed by atoms with van der Waals surface area (Å²) in [7, 11) is 0. The summed E-state index contributed by atoms with van der Waals surface area (Å²) in [5.74, 6) is 0. The smallest absolute Gasteiger partial charge is 0.0985 e. The van der Waals surface area contributed by atoms with E-state index in [1.54, 1.807) is 6.20 Å². The van der Waals surface area contributed by atoms with Crippen molar-refractivity contribution in [3.05, 3.63) is 18.5 Å². The van der Waals surface area contributed by atoms with Crippen LogP contribution in [0.3, 0.4) is 0 Å². The van der Waals surface area contributed by atoms with Gasteiger partial charge in [-0.05, 0) is 0 Å². The van der Waals surface area contributed by atoms with E-state index in [0.717, 1.165) is 13.2 Å². The third-order valence-corrected chi connectivity index (χ3v) is 1.47. The maximum absolute atomic E-state index is 4.98. The zero-order valence-corrected chi connectivity index (χ0v) is 4.95. The van der Waals surface area contributed by atoms with Gasteiger partial charge in [-0.3, -0.25) is 4.68 Å². The van der Waals surface area contributed by atoms with Gasteiger partial charge in [-0.2, -0.15) is 5.10 Å². The summed E-state index contributed by atoms with van der Waals surface area (Å²) in [6.07, 6.45) is 3.51. The monoisotopic (exact) mass is 123 g/mol. The normalized spacial score (nSPS) is 19.6. The van der Waals surface area contributed by atoms with Crippen molar-refractivity contribution in [2.45, 2.75) is 6.04 Å². The molecule has 3 heteroatoms. The standard InChI is InChI=1S/C6H7N2O/c1-2-7-8(3-1)6-4-9-5-6/h2-3,6H,4-5H2. The highest BCUT2D eigenvalue weighted by molar-refractivity contribution is 4.81. The molecule has 0 N–H and O–H groups in total. The van der Waals surface area contributed by atoms with Crippen LogP contribution in [0.25, 0.3) is 0 Å². The van der Waals surface area contributed by atoms with Gasteiger partial charge >= 0.3 is 0 Å². The third kappa shape index (κ3) is 0.733. The SMILES string of the molecule is [c]1cnn(C2COC2)c1. The molecule has 0 bridgehead atoms. The molecule has 1 aliphatic rings. The Morgan fingerprint density at radius 1 is 1.67 bits per heavy atom. The molecule has 0 saturated carbocycles. The van der Waals surface area contributed by atoms with Crippen LogP contribution < -0.4 is 0 Å². The lowest BCUT2D eigenvalue weighted by atomic mass is 10.3. The molecule has 47 valence electrons. The van der Waals surface area contributed by atoms with Crippen LogP contribution in [0.5, 0.6) is 0 Å². The van der Waals surface area contributed by atoms with Crippen molar-refractivity contribution in [2.24, 2.45) is 0 Å². The summed E-state index contributed by atoms with van der Waals surface area (Å²) in [5, 5.41) is 4.02. The van der Waals surface area contributed by atoms with Crippen LogP contribution in [-0.4, -0.2) is 23.0 Å². The van der Waals surface area contributed by atoms with E-state index >= 15 is 0 Å². The molecule has 1 radical (unpaired) electrons. The molecular formula is C6H7N2O. The average Bonchev–Trinajstić information content (AvgIpc) is 2.11. The van der Waals surface area contributed by atoms with Crippen molar-refractivity contribution >= 4 is 0 Å². The predicted octanol–water partition coefficient (Wildman–Crippen LogP) is 0.255. The molecule has 9 heavy (non-hydrogen) atoms. The summed E-state index contributed by atoms with van der Waals surface area (Å²) < 4.78 is 6.86. The molecule has 2 heterocycles. The van der Waals surface area contributed by atoms with Crippen molar-refractivity contribution in [3.8, 4) is 0 Å². The first kappa shape index (κ1) is 4.99. The van der Waals surface area contributed by atoms with E-state index in [1.165, 1.54) is 0 Å². The van der Waals surface area contributed by atoms with Crippen molar-refractivity contribution in [2.75, 3.05) is 13.2 Å². The predicted molar refractivity (Wildman–Crippen MR) is 30.9 cm³/mol. The Labute approximate surface area is 53.2 Å². The number of rotatable bonds is 1. The Morgan fingerprint density at radius 2 is 2.56 bits per heavy atom. The summed E-state index contributed by atoms with van der Waals surface area (Å²) in [6, 6.07) is 3.34. The summed E-state index contributed by atoms with van der Waals surface area (Å²) in [4.78, 5) is 0. The van der Waals surface area contributed by atoms with Crippen molar-refractivity contribution in [3.63, 3.8) is 0 Å². The topological polar surface area (TPSA) is 27.1 Å². The van der Waals surface area contributed by atoms with E-state index in [9.17, 15) is 0 Å². The molecule has 1 aliphatic heterocycles. The van der Waals surface area contributed by atoms with Crippen LogP contribution in [0, 0.1) is 6.07 Å². The average molecular weight is 123 g/mol. The van der Waals surface area contributed by atoms with E-state index in [1.807, 2.05) is 10.9 Å². The second kappa shape index (κ2) is 1.84. The van der Waals surface area contributed by atoms with Crippen molar-refractivity contribution in [1.82, 2.24) is 9.78 Å². The molecule has 0 atom stereocenters. The Bertz CT molecular complexity index is 179. The lowest BCUT2D eigenvalue weighted by Crippen LogP contribution is -2.30. The van der Waals surface area contributed by atoms with E-state index in [4.69, 9.17) is 4.74 Å². The molecule has 1 aromatic heterocycles. The number of hydrogen-bond acceptors (Lipinski definition) is 2. The van der Waals surface area contributed by atoms with Gasteiger partial charge in [0, 0.05) is 12.3 Å². The minimum atomic E-state index is 0.469. The number of hydrogen-bond donors (Lipinski definition) is 0. The maximum Gasteiger partial charge on any atom is 0.0985 e. The molecular weight excluding hydrogens is 116 g/mol. The van der Waals surface area contributed by atoms with Gasteiger partial charge in [0.05, 0.1) is 25.5 Å². The molecule has 3 nitrogen and oxygen atoms in total. The fraction of sp³-hybridized carbons (Fsp3) is 0.500. The van der Waals surface area contributed by atoms with Crippen LogP contribution in [0.2, 0.25) is 0 Å². The highest BCUT2D eigenvalue weighted by Gasteiger charge is 2.19. The lowest BCUT2D eigenvalue weighted by molar-refractivity contribution is -0.0286. The zero-order valence-electron chi connectivity index (χ0n) is 4.95. The Morgan fingerprint density at radius 3 is 3.00 bits per heavy atom. The highest BCUT2D eigenvalue weighted by atomic mass is 16.5. The minimum absolute atomic E-state index is 0.469. The van der Waals surface area contributed by atoms with Crippen molar-refractivity contribution in [1.29, 1.82) is 0 Å². The number of ether oxygens (including phenoxy) is 1. The van der Waals surface area contributed by atoms with Crippen LogP contribution >= 0.6 is 0 Å². The molecule has 0 aliphatic carbocycles. The van der Waals surface area contributed by atoms with Crippen LogP contribution in [0.1, 0.15) is 6.04 Å². The Balaban J connectivity index is 2.14. The number of aromatic nitrogens is 2. The first-order valence-corrected chi connectivity index (χ1v) is 2.95. The first-order valence-electron chi connectivity index (χ1n) is 2.95. The summed E-state index contributed by atoms with van der Waals surface area (Å²) in [5.41, 5.74) is 0. The van der Waals surface area contributed by atoms with Gasteiger partial charge in [0.25, 0.3) is 0 Å². The van der Waals surface area contributed by atoms with E-state index in [-0.39, 0.29) is 0 Å². The largest absolute Gasteiger partial charge is 0.377 e. The second-order valence-corrected chi connectivity index (χ2v) is 2.11. The van der Waals surface area contributed by atoms with Gasteiger partial charge in [-0.25, -0.2) is 0 Å². The molecule has 2 rings (SSSR count). The Hall–Kier alpha value is -0.830. The molecule has 0 spiro atoms. The molecule has 1 saturated heterocycles. The van der Waals surface area contributed by atoms with Gasteiger partial charge < -0.3 is 4.74 Å². The highest BCUT2D eigenvalue weighted by Crippen LogP contribution is 2.14. The van der Waals surface area contributed by atoms with Gasteiger partial charge in [0.2, 0.25) is 0 Å². The van der Waals surface area contributed by atoms with Crippen molar-refractivity contribution < 1.29 is 4.74 Å². The molecule has 0 aromatic carbocycles. The van der Waals surface area contributed by atoms with Gasteiger partial charge in [-0.15, -0.1) is 0 Å². The maximum atomic E-state index is 4.98. The number of nitrogens with zero attached hydrogens (tertiary/aromatic N) is 2. The van der Waals surface area contributed by atoms with Gasteiger partial charge in [-0.1, -0.05) is 0 Å². The summed E-state index contributed by atoms with van der Waals surface area (Å²) in [6.45, 7) is 1.60. The fourth-order valence-electron chi connectivity index (χ4n) is 0.819. The quantitative estimate of drug-likeness (QED) is 0.535. The molecule has 0 unspecified atom stereocenters. The Kier molecular flexibility index (Phi) is 1.02. The van der Waals surface area contributed by atoms with Crippen LogP contribution in [0.4, 0.5) is 0 Å². The van der Waals surface area contributed by atoms with E-state index in [0.29, 0.717) is 6.04 Å². The molecule has 0 amide bonds. The molecule has 1 fully saturated rings. The second-order valence-electron chi connectivity index (χ2n) is 2.11. The first-order chi connectivity index (χ1) is 4.47. The third-order valence-electron chi connectivity index (χ3n) is 1.47. The van der Waals surface area contributed by atoms with E-state index in [2.05, 4.69) is 11.2 Å². The fourth-order valence-corrected chi connectivity index (χ4v) is 0.819.